The highest BCUT2D eigenvalue weighted by atomic mass is 32.2. The van der Waals surface area contributed by atoms with Gasteiger partial charge in [-0.25, -0.2) is 8.42 Å². The molecule has 1 saturated heterocycles. The highest BCUT2D eigenvalue weighted by Crippen LogP contribution is 2.39. The maximum Gasteiger partial charge on any atom is 0.181 e. The van der Waals surface area contributed by atoms with Crippen LogP contribution in [0.4, 0.5) is 5.69 Å². The maximum atomic E-state index is 13.3. The molecule has 2 aromatic rings. The van der Waals surface area contributed by atoms with Gasteiger partial charge in [-0.3, -0.25) is 4.99 Å². The smallest absolute Gasteiger partial charge is 0.181 e. The summed E-state index contributed by atoms with van der Waals surface area (Å²) in [6.45, 7) is 4.12. The van der Waals surface area contributed by atoms with E-state index in [0.717, 1.165) is 42.9 Å². The van der Waals surface area contributed by atoms with Gasteiger partial charge >= 0.3 is 0 Å². The topological polar surface area (TPSA) is 58.5 Å². The Balaban J connectivity index is 1.69. The molecule has 0 bridgehead atoms. The molecule has 4 rings (SSSR count). The molecular weight excluding hydrogens is 380 g/mol. The number of sulfone groups is 1. The van der Waals surface area contributed by atoms with E-state index in [0.29, 0.717) is 23.7 Å². The van der Waals surface area contributed by atoms with Gasteiger partial charge in [0.05, 0.1) is 15.8 Å². The van der Waals surface area contributed by atoms with Crippen molar-refractivity contribution in [2.24, 2.45) is 4.99 Å². The van der Waals surface area contributed by atoms with Gasteiger partial charge in [0.2, 0.25) is 0 Å². The van der Waals surface area contributed by atoms with Crippen LogP contribution >= 0.6 is 0 Å². The Morgan fingerprint density at radius 1 is 0.931 bits per heavy atom. The minimum absolute atomic E-state index is 0.407. The number of hydrogen-bond acceptors (Lipinski definition) is 4. The molecule has 0 aliphatic carbocycles. The molecule has 2 aliphatic rings. The number of fused-ring (bicyclic) bond motifs is 1. The monoisotopic (exact) mass is 410 g/mol. The van der Waals surface area contributed by atoms with Gasteiger partial charge < -0.3 is 5.32 Å². The summed E-state index contributed by atoms with van der Waals surface area (Å²) < 4.78 is 26.6. The Hall–Kier alpha value is -1.98. The number of aliphatic imine (C=N–C) groups is 1. The molecule has 2 aliphatic heterocycles. The van der Waals surface area contributed by atoms with Crippen molar-refractivity contribution >= 4 is 21.2 Å². The van der Waals surface area contributed by atoms with Crippen LogP contribution in [0.5, 0.6) is 0 Å². The molecule has 2 heterocycles. The van der Waals surface area contributed by atoms with E-state index in [9.17, 15) is 8.42 Å². The summed E-state index contributed by atoms with van der Waals surface area (Å²) in [6, 6.07) is 15.2. The van der Waals surface area contributed by atoms with Gasteiger partial charge in [0, 0.05) is 12.1 Å². The van der Waals surface area contributed by atoms with Crippen molar-refractivity contribution in [2.75, 3.05) is 13.1 Å². The second-order valence-corrected chi connectivity index (χ2v) is 10.5. The van der Waals surface area contributed by atoms with E-state index < -0.39 is 15.1 Å². The maximum absolute atomic E-state index is 13.3. The van der Waals surface area contributed by atoms with E-state index in [1.165, 1.54) is 18.4 Å². The van der Waals surface area contributed by atoms with E-state index in [1.807, 2.05) is 13.0 Å². The molecule has 1 unspecified atom stereocenters. The molecule has 0 aromatic heterocycles. The number of nitrogens with one attached hydrogen (secondary N) is 1. The van der Waals surface area contributed by atoms with Gasteiger partial charge in [0.25, 0.3) is 0 Å². The Kier molecular flexibility index (Phi) is 6.16. The summed E-state index contributed by atoms with van der Waals surface area (Å²) in [5, 5.41) is 3.02. The third-order valence-electron chi connectivity index (χ3n) is 6.19. The van der Waals surface area contributed by atoms with E-state index >= 15 is 0 Å². The van der Waals surface area contributed by atoms with Crippen molar-refractivity contribution in [2.45, 2.75) is 61.5 Å². The standard InChI is InChI=1S/C24H30N2O2S/c1-18-16-22(29(27,28)21-11-3-2-4-12-21)17-20-8-5-13-23(24(20)26-18)19-9-6-14-25-15-7-10-19/h2-5,8,11-13,19,22,25H,6-7,9-10,14-17H2,1H3. The largest absolute Gasteiger partial charge is 0.317 e. The molecule has 4 nitrogen and oxygen atoms in total. The zero-order chi connectivity index (χ0) is 20.3. The summed E-state index contributed by atoms with van der Waals surface area (Å²) in [7, 11) is -3.40. The van der Waals surface area contributed by atoms with Crippen molar-refractivity contribution in [3.05, 3.63) is 59.7 Å². The zero-order valence-corrected chi connectivity index (χ0v) is 17.9. The highest BCUT2D eigenvalue weighted by Gasteiger charge is 2.31. The van der Waals surface area contributed by atoms with Crippen LogP contribution in [-0.4, -0.2) is 32.5 Å². The molecule has 1 fully saturated rings. The summed E-state index contributed by atoms with van der Waals surface area (Å²) in [6.07, 6.45) is 5.66. The number of para-hydroxylation sites is 1. The first-order chi connectivity index (χ1) is 14.1. The van der Waals surface area contributed by atoms with E-state index in [1.54, 1.807) is 24.3 Å². The average Bonchev–Trinajstić information content (AvgIpc) is 2.87. The van der Waals surface area contributed by atoms with Crippen LogP contribution in [0, 0.1) is 0 Å². The van der Waals surface area contributed by atoms with Crippen LogP contribution in [0.1, 0.15) is 56.1 Å². The Labute approximate surface area is 174 Å². The number of benzene rings is 2. The van der Waals surface area contributed by atoms with Crippen molar-refractivity contribution in [1.29, 1.82) is 0 Å². The third-order valence-corrected chi connectivity index (χ3v) is 8.33. The Morgan fingerprint density at radius 3 is 2.38 bits per heavy atom. The minimum Gasteiger partial charge on any atom is -0.317 e. The highest BCUT2D eigenvalue weighted by molar-refractivity contribution is 7.92. The van der Waals surface area contributed by atoms with Crippen molar-refractivity contribution in [1.82, 2.24) is 5.32 Å². The average molecular weight is 411 g/mol. The van der Waals surface area contributed by atoms with Crippen LogP contribution in [0.3, 0.4) is 0 Å². The first kappa shape index (κ1) is 20.3. The lowest BCUT2D eigenvalue weighted by Crippen LogP contribution is -2.25. The first-order valence-corrected chi connectivity index (χ1v) is 12.3. The number of hydrogen-bond donors (Lipinski definition) is 1. The van der Waals surface area contributed by atoms with Crippen molar-refractivity contribution in [3.63, 3.8) is 0 Å². The Morgan fingerprint density at radius 2 is 1.66 bits per heavy atom. The summed E-state index contributed by atoms with van der Waals surface area (Å²) in [4.78, 5) is 5.37. The zero-order valence-electron chi connectivity index (χ0n) is 17.1. The molecule has 0 spiro atoms. The predicted octanol–water partition coefficient (Wildman–Crippen LogP) is 4.81. The second-order valence-electron chi connectivity index (χ2n) is 8.32. The minimum atomic E-state index is -3.40. The normalized spacial score (nSPS) is 21.4. The quantitative estimate of drug-likeness (QED) is 0.790. The fraction of sp³-hybridized carbons (Fsp3) is 0.458. The molecule has 1 atom stereocenters. The van der Waals surface area contributed by atoms with E-state index in [4.69, 9.17) is 4.99 Å². The van der Waals surface area contributed by atoms with Gasteiger partial charge in [-0.2, -0.15) is 0 Å². The van der Waals surface area contributed by atoms with Gasteiger partial charge in [0.15, 0.2) is 9.84 Å². The second kappa shape index (κ2) is 8.80. The van der Waals surface area contributed by atoms with Crippen molar-refractivity contribution < 1.29 is 8.42 Å². The lowest BCUT2D eigenvalue weighted by Gasteiger charge is -2.23. The molecule has 0 amide bonds. The van der Waals surface area contributed by atoms with Crippen LogP contribution in [0.25, 0.3) is 0 Å². The van der Waals surface area contributed by atoms with Crippen LogP contribution in [0.2, 0.25) is 0 Å². The molecule has 29 heavy (non-hydrogen) atoms. The number of rotatable bonds is 3. The van der Waals surface area contributed by atoms with Gasteiger partial charge in [-0.05, 0) is 81.3 Å². The fourth-order valence-electron chi connectivity index (χ4n) is 4.67. The molecule has 2 aromatic carbocycles. The first-order valence-electron chi connectivity index (χ1n) is 10.7. The lowest BCUT2D eigenvalue weighted by molar-refractivity contribution is 0.467. The molecule has 5 heteroatoms. The van der Waals surface area contributed by atoms with E-state index in [2.05, 4.69) is 23.5 Å². The van der Waals surface area contributed by atoms with Gasteiger partial charge in [-0.15, -0.1) is 0 Å². The van der Waals surface area contributed by atoms with Crippen LogP contribution in [0.15, 0.2) is 58.4 Å². The van der Waals surface area contributed by atoms with Gasteiger partial charge in [0.1, 0.15) is 0 Å². The Bertz CT molecular complexity index is 975. The fourth-order valence-corrected chi connectivity index (χ4v) is 6.46. The van der Waals surface area contributed by atoms with E-state index in [-0.39, 0.29) is 0 Å². The summed E-state index contributed by atoms with van der Waals surface area (Å²) in [5.74, 6) is 0.505. The molecular formula is C24H30N2O2S. The van der Waals surface area contributed by atoms with Crippen LogP contribution in [-0.2, 0) is 16.3 Å². The summed E-state index contributed by atoms with van der Waals surface area (Å²) >= 11 is 0. The SMILES string of the molecule is CC1=Nc2c(cccc2C2CCCNCCC2)CC(S(=O)(=O)c2ccccc2)C1. The number of nitrogens with zero attached hydrogens (tertiary/aromatic N) is 1. The van der Waals surface area contributed by atoms with Gasteiger partial charge in [-0.1, -0.05) is 36.4 Å². The molecule has 154 valence electrons. The molecule has 1 N–H and O–H groups in total. The summed E-state index contributed by atoms with van der Waals surface area (Å²) in [5.41, 5.74) is 4.33. The third kappa shape index (κ3) is 4.46. The van der Waals surface area contributed by atoms with Crippen molar-refractivity contribution in [3.8, 4) is 0 Å². The van der Waals surface area contributed by atoms with Crippen LogP contribution < -0.4 is 5.32 Å². The molecule has 0 saturated carbocycles. The predicted molar refractivity (Wildman–Crippen MR) is 119 cm³/mol. The lowest BCUT2D eigenvalue weighted by atomic mass is 9.86. The molecule has 0 radical (unpaired) electrons.